The van der Waals surface area contributed by atoms with E-state index < -0.39 is 66.2 Å². The first kappa shape index (κ1) is 33.9. The number of ether oxygens (including phenoxy) is 1. The third-order valence-electron chi connectivity index (χ3n) is 4.56. The minimum Gasteiger partial charge on any atom is -0.464 e. The van der Waals surface area contributed by atoms with E-state index in [2.05, 4.69) is 4.74 Å². The summed E-state index contributed by atoms with van der Waals surface area (Å²) in [6.45, 7) is 1.87. The van der Waals surface area contributed by atoms with Crippen molar-refractivity contribution in [3.63, 3.8) is 0 Å². The van der Waals surface area contributed by atoms with E-state index in [4.69, 9.17) is 0 Å². The van der Waals surface area contributed by atoms with Gasteiger partial charge in [-0.05, 0) is 13.3 Å². The molecule has 1 atom stereocenters. The maximum absolute atomic E-state index is 13.8. The summed E-state index contributed by atoms with van der Waals surface area (Å²) in [6, 6.07) is -2.34. The summed E-state index contributed by atoms with van der Waals surface area (Å²) in [4.78, 5) is 22.9. The lowest BCUT2D eigenvalue weighted by Crippen LogP contribution is -2.74. The standard InChI is InChI=1S/C17H18F15NO3/c1-3-4-5-6-7-36-9(34)8(2)33-10(35)11(18,19)12(20,21)13(22,23)14(24,25)15(26,27)16(28,29)17(30,31)32/h8H,3-7H2,1-2H3,(H,33,35). The van der Waals surface area contributed by atoms with Gasteiger partial charge in [-0.3, -0.25) is 4.79 Å². The van der Waals surface area contributed by atoms with Crippen LogP contribution in [0.25, 0.3) is 0 Å². The summed E-state index contributed by atoms with van der Waals surface area (Å²) in [5.74, 6) is -53.8. The zero-order valence-corrected chi connectivity index (χ0v) is 18.0. The van der Waals surface area contributed by atoms with Crippen molar-refractivity contribution < 1.29 is 80.2 Å². The van der Waals surface area contributed by atoms with Crippen LogP contribution in [-0.4, -0.2) is 66.2 Å². The van der Waals surface area contributed by atoms with Crippen LogP contribution < -0.4 is 5.32 Å². The molecule has 36 heavy (non-hydrogen) atoms. The number of esters is 1. The minimum atomic E-state index is -8.50. The van der Waals surface area contributed by atoms with E-state index in [1.165, 1.54) is 0 Å². The zero-order valence-electron chi connectivity index (χ0n) is 18.0. The molecule has 0 aliphatic heterocycles. The van der Waals surface area contributed by atoms with Crippen LogP contribution in [0.15, 0.2) is 0 Å². The topological polar surface area (TPSA) is 55.4 Å². The minimum absolute atomic E-state index is 0.201. The normalized spacial score (nSPS) is 15.5. The fourth-order valence-corrected chi connectivity index (χ4v) is 2.28. The summed E-state index contributed by atoms with van der Waals surface area (Å²) in [5, 5.41) is 0.658. The van der Waals surface area contributed by atoms with Crippen LogP contribution in [0.3, 0.4) is 0 Å². The number of hydrogen-bond acceptors (Lipinski definition) is 3. The molecule has 0 aromatic rings. The van der Waals surface area contributed by atoms with Crippen molar-refractivity contribution in [1.82, 2.24) is 5.32 Å². The molecule has 0 spiro atoms. The van der Waals surface area contributed by atoms with Crippen molar-refractivity contribution >= 4 is 11.9 Å². The van der Waals surface area contributed by atoms with E-state index in [9.17, 15) is 75.4 Å². The quantitative estimate of drug-likeness (QED) is 0.169. The highest BCUT2D eigenvalue weighted by atomic mass is 19.4. The fourth-order valence-electron chi connectivity index (χ4n) is 2.28. The van der Waals surface area contributed by atoms with E-state index >= 15 is 0 Å². The van der Waals surface area contributed by atoms with Crippen LogP contribution in [0.5, 0.6) is 0 Å². The lowest BCUT2D eigenvalue weighted by Gasteiger charge is -2.41. The number of amides is 1. The third kappa shape index (κ3) is 5.73. The maximum Gasteiger partial charge on any atom is 0.460 e. The monoisotopic (exact) mass is 569 g/mol. The first-order valence-corrected chi connectivity index (χ1v) is 9.60. The van der Waals surface area contributed by atoms with Crippen molar-refractivity contribution in [3.8, 4) is 0 Å². The second kappa shape index (κ2) is 10.7. The summed E-state index contributed by atoms with van der Waals surface area (Å²) >= 11 is 0. The van der Waals surface area contributed by atoms with E-state index in [0.717, 1.165) is 6.42 Å². The highest BCUT2D eigenvalue weighted by Gasteiger charge is 2.94. The largest absolute Gasteiger partial charge is 0.464 e. The van der Waals surface area contributed by atoms with Gasteiger partial charge < -0.3 is 10.1 Å². The highest BCUT2D eigenvalue weighted by molar-refractivity contribution is 5.89. The Hall–Kier alpha value is -2.11. The number of carbonyl (C=O) groups excluding carboxylic acids is 2. The molecule has 0 fully saturated rings. The lowest BCUT2D eigenvalue weighted by atomic mass is 9.90. The molecule has 0 rings (SSSR count). The second-order valence-corrected chi connectivity index (χ2v) is 7.37. The lowest BCUT2D eigenvalue weighted by molar-refractivity contribution is -0.449. The summed E-state index contributed by atoms with van der Waals surface area (Å²) < 4.78 is 201. The van der Waals surface area contributed by atoms with Gasteiger partial charge in [-0.2, -0.15) is 65.9 Å². The number of nitrogens with one attached hydrogen (secondary N) is 1. The molecule has 0 aromatic carbocycles. The van der Waals surface area contributed by atoms with Gasteiger partial charge in [0.05, 0.1) is 6.61 Å². The van der Waals surface area contributed by atoms with Gasteiger partial charge in [0.2, 0.25) is 0 Å². The molecule has 0 heterocycles. The van der Waals surface area contributed by atoms with Crippen molar-refractivity contribution in [2.24, 2.45) is 0 Å². The predicted molar refractivity (Wildman–Crippen MR) is 88.4 cm³/mol. The van der Waals surface area contributed by atoms with Crippen LogP contribution in [0, 0.1) is 0 Å². The Morgan fingerprint density at radius 2 is 1.08 bits per heavy atom. The Morgan fingerprint density at radius 3 is 1.50 bits per heavy atom. The molecule has 0 radical (unpaired) electrons. The molecule has 1 unspecified atom stereocenters. The number of alkyl halides is 15. The Morgan fingerprint density at radius 1 is 0.667 bits per heavy atom. The van der Waals surface area contributed by atoms with Gasteiger partial charge in [0.25, 0.3) is 5.91 Å². The zero-order chi connectivity index (χ0) is 29.2. The average Bonchev–Trinajstić information content (AvgIpc) is 2.71. The van der Waals surface area contributed by atoms with Crippen LogP contribution in [0.4, 0.5) is 65.9 Å². The molecule has 0 saturated carbocycles. The molecular weight excluding hydrogens is 551 g/mol. The smallest absolute Gasteiger partial charge is 0.460 e. The van der Waals surface area contributed by atoms with Crippen LogP contribution in [-0.2, 0) is 14.3 Å². The summed E-state index contributed by atoms with van der Waals surface area (Å²) in [5.41, 5.74) is 0. The van der Waals surface area contributed by atoms with Crippen LogP contribution in [0.1, 0.15) is 39.5 Å². The van der Waals surface area contributed by atoms with Gasteiger partial charge in [-0.15, -0.1) is 0 Å². The van der Waals surface area contributed by atoms with E-state index in [1.807, 2.05) is 0 Å². The van der Waals surface area contributed by atoms with Crippen LogP contribution >= 0.6 is 0 Å². The van der Waals surface area contributed by atoms with Gasteiger partial charge >= 0.3 is 47.7 Å². The molecule has 0 aliphatic carbocycles. The van der Waals surface area contributed by atoms with E-state index in [-0.39, 0.29) is 6.42 Å². The summed E-state index contributed by atoms with van der Waals surface area (Å²) in [7, 11) is 0. The third-order valence-corrected chi connectivity index (χ3v) is 4.56. The molecule has 0 aromatic heterocycles. The average molecular weight is 569 g/mol. The molecule has 4 nitrogen and oxygen atoms in total. The van der Waals surface area contributed by atoms with Crippen LogP contribution in [0.2, 0.25) is 0 Å². The molecule has 214 valence electrons. The molecular formula is C17H18F15NO3. The number of halogens is 15. The Kier molecular flexibility index (Phi) is 10.1. The van der Waals surface area contributed by atoms with Gasteiger partial charge in [0.15, 0.2) is 0 Å². The Bertz CT molecular complexity index is 780. The van der Waals surface area contributed by atoms with Gasteiger partial charge in [-0.25, -0.2) is 4.79 Å². The SMILES string of the molecule is CCCCCCOC(=O)C(C)NC(=O)C(F)(F)C(F)(F)C(F)(F)C(F)(F)C(F)(F)C(F)(F)C(F)(F)F. The van der Waals surface area contributed by atoms with Crippen molar-refractivity contribution in [1.29, 1.82) is 0 Å². The van der Waals surface area contributed by atoms with Crippen molar-refractivity contribution in [3.05, 3.63) is 0 Å². The Labute approximate surface area is 192 Å². The summed E-state index contributed by atoms with van der Waals surface area (Å²) in [6.07, 6.45) is -5.63. The molecule has 1 N–H and O–H groups in total. The fraction of sp³-hybridized carbons (Fsp3) is 0.882. The molecule has 0 saturated heterocycles. The van der Waals surface area contributed by atoms with Crippen molar-refractivity contribution in [2.75, 3.05) is 6.61 Å². The highest BCUT2D eigenvalue weighted by Crippen LogP contribution is 2.62. The second-order valence-electron chi connectivity index (χ2n) is 7.37. The van der Waals surface area contributed by atoms with Gasteiger partial charge in [0, 0.05) is 0 Å². The number of rotatable bonds is 13. The van der Waals surface area contributed by atoms with Gasteiger partial charge in [-0.1, -0.05) is 26.2 Å². The molecule has 19 heteroatoms. The van der Waals surface area contributed by atoms with Gasteiger partial charge in [0.1, 0.15) is 6.04 Å². The van der Waals surface area contributed by atoms with E-state index in [1.54, 1.807) is 6.92 Å². The van der Waals surface area contributed by atoms with Crippen molar-refractivity contribution in [2.45, 2.75) is 87.3 Å². The maximum atomic E-state index is 13.8. The predicted octanol–water partition coefficient (Wildman–Crippen LogP) is 5.99. The molecule has 0 bridgehead atoms. The number of carbonyl (C=O) groups is 2. The first-order valence-electron chi connectivity index (χ1n) is 9.60. The first-order chi connectivity index (χ1) is 15.8. The number of hydrogen-bond donors (Lipinski definition) is 1. The molecule has 1 amide bonds. The van der Waals surface area contributed by atoms with E-state index in [0.29, 0.717) is 25.1 Å². The number of unbranched alkanes of at least 4 members (excludes halogenated alkanes) is 3. The Balaban J connectivity index is 5.94. The molecule has 0 aliphatic rings.